The molecule has 18 heavy (non-hydrogen) atoms. The van der Waals surface area contributed by atoms with Gasteiger partial charge in [-0.2, -0.15) is 0 Å². The minimum atomic E-state index is 0.826. The molecular weight excluding hydrogens is 288 g/mol. The Balaban J connectivity index is 2.03. The molecule has 0 bridgehead atoms. The number of nitrogens with two attached hydrogens (primary N) is 1. The zero-order valence-electron chi connectivity index (χ0n) is 10.4. The van der Waals surface area contributed by atoms with Crippen molar-refractivity contribution in [3.05, 3.63) is 58.6 Å². The SMILES string of the molecule is CN(CCc1ccccc1Br)c1ccccc1N. The van der Waals surface area contributed by atoms with Gasteiger partial charge < -0.3 is 10.6 Å². The van der Waals surface area contributed by atoms with Gasteiger partial charge in [0.15, 0.2) is 0 Å². The van der Waals surface area contributed by atoms with Gasteiger partial charge in [-0.05, 0) is 30.2 Å². The van der Waals surface area contributed by atoms with E-state index in [1.165, 1.54) is 10.0 Å². The third-order valence-electron chi connectivity index (χ3n) is 3.02. The Labute approximate surface area is 117 Å². The number of halogens is 1. The molecule has 94 valence electrons. The quantitative estimate of drug-likeness (QED) is 0.873. The van der Waals surface area contributed by atoms with Crippen LogP contribution < -0.4 is 10.6 Å². The Morgan fingerprint density at radius 2 is 1.72 bits per heavy atom. The Bertz CT molecular complexity index is 525. The summed E-state index contributed by atoms with van der Waals surface area (Å²) in [4.78, 5) is 2.19. The number of anilines is 2. The van der Waals surface area contributed by atoms with E-state index < -0.39 is 0 Å². The van der Waals surface area contributed by atoms with Gasteiger partial charge in [0.1, 0.15) is 0 Å². The average molecular weight is 305 g/mol. The van der Waals surface area contributed by atoms with Crippen molar-refractivity contribution >= 4 is 27.3 Å². The van der Waals surface area contributed by atoms with Crippen molar-refractivity contribution < 1.29 is 0 Å². The number of likely N-dealkylation sites (N-methyl/N-ethyl adjacent to an activating group) is 1. The first-order chi connectivity index (χ1) is 8.68. The fourth-order valence-corrected chi connectivity index (χ4v) is 2.43. The van der Waals surface area contributed by atoms with Gasteiger partial charge >= 0.3 is 0 Å². The summed E-state index contributed by atoms with van der Waals surface area (Å²) in [6, 6.07) is 16.3. The van der Waals surface area contributed by atoms with E-state index in [4.69, 9.17) is 5.73 Å². The van der Waals surface area contributed by atoms with Crippen molar-refractivity contribution in [2.75, 3.05) is 24.2 Å². The third kappa shape index (κ3) is 3.05. The molecule has 2 aromatic carbocycles. The van der Waals surface area contributed by atoms with E-state index in [0.29, 0.717) is 0 Å². The van der Waals surface area contributed by atoms with Crippen molar-refractivity contribution in [2.24, 2.45) is 0 Å². The molecule has 0 saturated heterocycles. The summed E-state index contributed by atoms with van der Waals surface area (Å²) >= 11 is 3.57. The van der Waals surface area contributed by atoms with Gasteiger partial charge in [0.2, 0.25) is 0 Å². The van der Waals surface area contributed by atoms with Crippen LogP contribution in [0.15, 0.2) is 53.0 Å². The smallest absolute Gasteiger partial charge is 0.0597 e. The molecule has 2 rings (SSSR count). The van der Waals surface area contributed by atoms with E-state index in [0.717, 1.165) is 24.3 Å². The summed E-state index contributed by atoms with van der Waals surface area (Å²) in [6.45, 7) is 0.941. The van der Waals surface area contributed by atoms with E-state index in [1.54, 1.807) is 0 Å². The molecule has 0 radical (unpaired) electrons. The van der Waals surface area contributed by atoms with Gasteiger partial charge in [-0.1, -0.05) is 46.3 Å². The second-order valence-corrected chi connectivity index (χ2v) is 5.18. The van der Waals surface area contributed by atoms with E-state index in [2.05, 4.69) is 52.1 Å². The molecule has 0 aliphatic heterocycles. The van der Waals surface area contributed by atoms with Crippen molar-refractivity contribution in [1.29, 1.82) is 0 Å². The largest absolute Gasteiger partial charge is 0.397 e. The Kier molecular flexibility index (Phi) is 4.26. The van der Waals surface area contributed by atoms with Gasteiger partial charge in [0, 0.05) is 18.1 Å². The lowest BCUT2D eigenvalue weighted by Gasteiger charge is -2.21. The van der Waals surface area contributed by atoms with Gasteiger partial charge in [-0.3, -0.25) is 0 Å². The first-order valence-corrected chi connectivity index (χ1v) is 6.77. The number of nitrogens with zero attached hydrogens (tertiary/aromatic N) is 1. The number of hydrogen-bond acceptors (Lipinski definition) is 2. The lowest BCUT2D eigenvalue weighted by atomic mass is 10.1. The van der Waals surface area contributed by atoms with E-state index in [-0.39, 0.29) is 0 Å². The van der Waals surface area contributed by atoms with Crippen LogP contribution in [0.5, 0.6) is 0 Å². The lowest BCUT2D eigenvalue weighted by molar-refractivity contribution is 0.875. The van der Waals surface area contributed by atoms with Crippen LogP contribution in [-0.2, 0) is 6.42 Å². The third-order valence-corrected chi connectivity index (χ3v) is 3.80. The monoisotopic (exact) mass is 304 g/mol. The molecule has 0 spiro atoms. The minimum absolute atomic E-state index is 0.826. The van der Waals surface area contributed by atoms with Crippen LogP contribution in [0.2, 0.25) is 0 Å². The zero-order valence-corrected chi connectivity index (χ0v) is 12.0. The second-order valence-electron chi connectivity index (χ2n) is 4.32. The van der Waals surface area contributed by atoms with Crippen LogP contribution in [0.4, 0.5) is 11.4 Å². The zero-order chi connectivity index (χ0) is 13.0. The van der Waals surface area contributed by atoms with Gasteiger partial charge in [0.25, 0.3) is 0 Å². The summed E-state index contributed by atoms with van der Waals surface area (Å²) < 4.78 is 1.17. The van der Waals surface area contributed by atoms with E-state index >= 15 is 0 Å². The summed E-state index contributed by atoms with van der Waals surface area (Å²) in [6.07, 6.45) is 0.992. The predicted octanol–water partition coefficient (Wildman–Crippen LogP) is 3.71. The molecule has 2 N–H and O–H groups in total. The fourth-order valence-electron chi connectivity index (χ4n) is 1.94. The maximum Gasteiger partial charge on any atom is 0.0597 e. The Hall–Kier alpha value is -1.48. The van der Waals surface area contributed by atoms with Crippen LogP contribution in [-0.4, -0.2) is 13.6 Å². The molecule has 3 heteroatoms. The molecule has 0 saturated carbocycles. The summed E-state index contributed by atoms with van der Waals surface area (Å²) in [5, 5.41) is 0. The topological polar surface area (TPSA) is 29.3 Å². The van der Waals surface area contributed by atoms with Crippen molar-refractivity contribution in [1.82, 2.24) is 0 Å². The molecule has 0 amide bonds. The van der Waals surface area contributed by atoms with Crippen molar-refractivity contribution in [3.8, 4) is 0 Å². The fraction of sp³-hybridized carbons (Fsp3) is 0.200. The van der Waals surface area contributed by atoms with Crippen LogP contribution in [0.1, 0.15) is 5.56 Å². The van der Waals surface area contributed by atoms with Crippen LogP contribution in [0.3, 0.4) is 0 Å². The van der Waals surface area contributed by atoms with E-state index in [1.807, 2.05) is 24.3 Å². The normalized spacial score (nSPS) is 10.3. The standard InChI is InChI=1S/C15H17BrN2/c1-18(15-9-5-4-8-14(15)17)11-10-12-6-2-3-7-13(12)16/h2-9H,10-11,17H2,1H3. The summed E-state index contributed by atoms with van der Waals surface area (Å²) in [5.74, 6) is 0. The average Bonchev–Trinajstić information content (AvgIpc) is 2.38. The van der Waals surface area contributed by atoms with E-state index in [9.17, 15) is 0 Å². The highest BCUT2D eigenvalue weighted by atomic mass is 79.9. The maximum absolute atomic E-state index is 5.97. The lowest BCUT2D eigenvalue weighted by Crippen LogP contribution is -2.21. The Morgan fingerprint density at radius 1 is 1.06 bits per heavy atom. The van der Waals surface area contributed by atoms with Crippen LogP contribution in [0, 0.1) is 0 Å². The van der Waals surface area contributed by atoms with Gasteiger partial charge in [0.05, 0.1) is 11.4 Å². The van der Waals surface area contributed by atoms with Crippen molar-refractivity contribution in [3.63, 3.8) is 0 Å². The molecule has 0 aliphatic carbocycles. The first-order valence-electron chi connectivity index (χ1n) is 5.97. The number of para-hydroxylation sites is 2. The van der Waals surface area contributed by atoms with Gasteiger partial charge in [-0.25, -0.2) is 0 Å². The predicted molar refractivity (Wildman–Crippen MR) is 82.0 cm³/mol. The molecule has 0 aliphatic rings. The summed E-state index contributed by atoms with van der Waals surface area (Å²) in [7, 11) is 2.07. The molecule has 0 heterocycles. The maximum atomic E-state index is 5.97. The van der Waals surface area contributed by atoms with Gasteiger partial charge in [-0.15, -0.1) is 0 Å². The molecule has 0 aromatic heterocycles. The number of rotatable bonds is 4. The minimum Gasteiger partial charge on any atom is -0.397 e. The number of benzene rings is 2. The highest BCUT2D eigenvalue weighted by Gasteiger charge is 2.05. The van der Waals surface area contributed by atoms with Crippen molar-refractivity contribution in [2.45, 2.75) is 6.42 Å². The molecule has 0 unspecified atom stereocenters. The molecule has 2 nitrogen and oxygen atoms in total. The first kappa shape index (κ1) is 13.0. The van der Waals surface area contributed by atoms with Crippen LogP contribution >= 0.6 is 15.9 Å². The molecular formula is C15H17BrN2. The molecule has 0 fully saturated rings. The molecule has 0 atom stereocenters. The highest BCUT2D eigenvalue weighted by molar-refractivity contribution is 9.10. The summed E-state index contributed by atoms with van der Waals surface area (Å²) in [5.41, 5.74) is 9.20. The Morgan fingerprint density at radius 3 is 2.44 bits per heavy atom. The number of nitrogen functional groups attached to an aromatic ring is 1. The number of hydrogen-bond donors (Lipinski definition) is 1. The highest BCUT2D eigenvalue weighted by Crippen LogP contribution is 2.22. The second kappa shape index (κ2) is 5.91. The molecule has 2 aromatic rings. The van der Waals surface area contributed by atoms with Crippen LogP contribution in [0.25, 0.3) is 0 Å².